The van der Waals surface area contributed by atoms with Crippen molar-refractivity contribution < 1.29 is 28.7 Å². The zero-order valence-electron chi connectivity index (χ0n) is 11.9. The lowest BCUT2D eigenvalue weighted by atomic mass is 9.98. The van der Waals surface area contributed by atoms with Crippen molar-refractivity contribution in [2.45, 2.75) is 19.3 Å². The van der Waals surface area contributed by atoms with Gasteiger partial charge in [-0.25, -0.2) is 9.69 Å². The summed E-state index contributed by atoms with van der Waals surface area (Å²) < 4.78 is 9.12. The first-order chi connectivity index (χ1) is 10.0. The Morgan fingerprint density at radius 2 is 2.00 bits per heavy atom. The Hall–Kier alpha value is -2.12. The summed E-state index contributed by atoms with van der Waals surface area (Å²) in [7, 11) is 1.31. The number of methoxy groups -OCH3 is 1. The van der Waals surface area contributed by atoms with Crippen LogP contribution in [0.25, 0.3) is 0 Å². The molecule has 2 aliphatic heterocycles. The highest BCUT2D eigenvalue weighted by molar-refractivity contribution is 5.97. The van der Waals surface area contributed by atoms with Crippen LogP contribution in [0.15, 0.2) is 0 Å². The fraction of sp³-hybridized carbons (Fsp3) is 0.692. The Kier molecular flexibility index (Phi) is 4.77. The van der Waals surface area contributed by atoms with E-state index in [0.717, 1.165) is 4.90 Å². The molecule has 116 valence electrons. The second-order valence-electron chi connectivity index (χ2n) is 5.15. The Morgan fingerprint density at radius 1 is 1.29 bits per heavy atom. The molecule has 8 heteroatoms. The zero-order valence-corrected chi connectivity index (χ0v) is 11.9. The second-order valence-corrected chi connectivity index (χ2v) is 5.15. The Labute approximate surface area is 121 Å². The summed E-state index contributed by atoms with van der Waals surface area (Å²) >= 11 is 0. The number of hydrogen-bond acceptors (Lipinski definition) is 6. The smallest absolute Gasteiger partial charge is 0.417 e. The summed E-state index contributed by atoms with van der Waals surface area (Å²) in [5.74, 6) is -0.576. The van der Waals surface area contributed by atoms with Crippen molar-refractivity contribution in [3.8, 4) is 0 Å². The molecule has 2 fully saturated rings. The first-order valence-corrected chi connectivity index (χ1v) is 6.83. The largest absolute Gasteiger partial charge is 0.469 e. The van der Waals surface area contributed by atoms with Crippen LogP contribution in [0.5, 0.6) is 0 Å². The highest BCUT2D eigenvalue weighted by atomic mass is 16.6. The van der Waals surface area contributed by atoms with Crippen LogP contribution in [0.4, 0.5) is 4.79 Å². The van der Waals surface area contributed by atoms with Gasteiger partial charge in [0.15, 0.2) is 6.61 Å². The van der Waals surface area contributed by atoms with Crippen molar-refractivity contribution >= 4 is 23.9 Å². The maximum Gasteiger partial charge on any atom is 0.417 e. The monoisotopic (exact) mass is 298 g/mol. The Morgan fingerprint density at radius 3 is 2.57 bits per heavy atom. The molecule has 0 N–H and O–H groups in total. The van der Waals surface area contributed by atoms with E-state index in [1.165, 1.54) is 7.11 Å². The van der Waals surface area contributed by atoms with Crippen molar-refractivity contribution in [3.63, 3.8) is 0 Å². The van der Waals surface area contributed by atoms with E-state index in [1.54, 1.807) is 4.90 Å². The standard InChI is InChI=1S/C13H18N2O6/c1-20-12(18)4-2-3-10(16)14-5-9(6-14)7-15-11(17)8-21-13(15)19/h9H,2-8H2,1H3. The first-order valence-electron chi connectivity index (χ1n) is 6.83. The van der Waals surface area contributed by atoms with Crippen molar-refractivity contribution in [2.75, 3.05) is 33.4 Å². The average Bonchev–Trinajstić information content (AvgIpc) is 2.72. The van der Waals surface area contributed by atoms with Gasteiger partial charge in [-0.1, -0.05) is 0 Å². The van der Waals surface area contributed by atoms with Gasteiger partial charge in [-0.05, 0) is 6.42 Å². The van der Waals surface area contributed by atoms with Crippen molar-refractivity contribution in [1.82, 2.24) is 9.80 Å². The Bertz CT molecular complexity index is 442. The van der Waals surface area contributed by atoms with E-state index in [-0.39, 0.29) is 36.7 Å². The summed E-state index contributed by atoms with van der Waals surface area (Å²) in [6.07, 6.45) is 0.381. The van der Waals surface area contributed by atoms with Crippen LogP contribution in [-0.2, 0) is 23.9 Å². The molecular formula is C13H18N2O6. The van der Waals surface area contributed by atoms with Crippen LogP contribution in [-0.4, -0.2) is 67.0 Å². The van der Waals surface area contributed by atoms with Crippen LogP contribution in [0, 0.1) is 5.92 Å². The quantitative estimate of drug-likeness (QED) is 0.629. The van der Waals surface area contributed by atoms with Gasteiger partial charge in [0.05, 0.1) is 7.11 Å². The summed E-state index contributed by atoms with van der Waals surface area (Å²) in [4.78, 5) is 48.1. The number of esters is 1. The summed E-state index contributed by atoms with van der Waals surface area (Å²) in [6.45, 7) is 1.15. The van der Waals surface area contributed by atoms with Crippen LogP contribution in [0.3, 0.4) is 0 Å². The van der Waals surface area contributed by atoms with E-state index >= 15 is 0 Å². The third-order valence-electron chi connectivity index (χ3n) is 3.59. The number of nitrogens with zero attached hydrogens (tertiary/aromatic N) is 2. The van der Waals surface area contributed by atoms with Gasteiger partial charge in [0.1, 0.15) is 0 Å². The van der Waals surface area contributed by atoms with E-state index in [1.807, 2.05) is 0 Å². The lowest BCUT2D eigenvalue weighted by Gasteiger charge is -2.40. The zero-order chi connectivity index (χ0) is 15.4. The molecule has 2 heterocycles. The van der Waals surface area contributed by atoms with Gasteiger partial charge in [0.2, 0.25) is 5.91 Å². The summed E-state index contributed by atoms with van der Waals surface area (Å²) in [5, 5.41) is 0. The second kappa shape index (κ2) is 6.55. The van der Waals surface area contributed by atoms with Gasteiger partial charge in [-0.15, -0.1) is 0 Å². The number of likely N-dealkylation sites (tertiary alicyclic amines) is 1. The molecule has 8 nitrogen and oxygen atoms in total. The topological polar surface area (TPSA) is 93.2 Å². The molecule has 0 bridgehead atoms. The average molecular weight is 298 g/mol. The molecule has 0 spiro atoms. The van der Waals surface area contributed by atoms with Crippen LogP contribution in [0.2, 0.25) is 0 Å². The number of rotatable bonds is 6. The normalized spacial score (nSPS) is 18.5. The van der Waals surface area contributed by atoms with E-state index in [2.05, 4.69) is 9.47 Å². The van der Waals surface area contributed by atoms with Crippen molar-refractivity contribution in [1.29, 1.82) is 0 Å². The minimum Gasteiger partial charge on any atom is -0.469 e. The molecule has 0 aromatic rings. The van der Waals surface area contributed by atoms with Gasteiger partial charge in [0, 0.05) is 38.4 Å². The molecule has 0 radical (unpaired) electrons. The fourth-order valence-electron chi connectivity index (χ4n) is 2.35. The number of ether oxygens (including phenoxy) is 2. The van der Waals surface area contributed by atoms with Gasteiger partial charge >= 0.3 is 12.1 Å². The molecule has 0 saturated carbocycles. The molecule has 0 aliphatic carbocycles. The number of carbonyl (C=O) groups excluding carboxylic acids is 4. The molecule has 2 aliphatic rings. The maximum absolute atomic E-state index is 11.8. The first kappa shape index (κ1) is 15.3. The molecule has 0 aromatic carbocycles. The van der Waals surface area contributed by atoms with Crippen LogP contribution in [0.1, 0.15) is 19.3 Å². The molecular weight excluding hydrogens is 280 g/mol. The molecule has 0 unspecified atom stereocenters. The molecule has 3 amide bonds. The van der Waals surface area contributed by atoms with E-state index in [4.69, 9.17) is 0 Å². The minimum atomic E-state index is -0.608. The molecule has 0 aromatic heterocycles. The van der Waals surface area contributed by atoms with Crippen molar-refractivity contribution in [2.24, 2.45) is 5.92 Å². The number of hydrogen-bond donors (Lipinski definition) is 0. The molecule has 2 saturated heterocycles. The maximum atomic E-state index is 11.8. The van der Waals surface area contributed by atoms with Crippen LogP contribution >= 0.6 is 0 Å². The number of cyclic esters (lactones) is 1. The van der Waals surface area contributed by atoms with E-state index in [9.17, 15) is 19.2 Å². The number of carbonyl (C=O) groups is 4. The van der Waals surface area contributed by atoms with Gasteiger partial charge in [-0.2, -0.15) is 0 Å². The van der Waals surface area contributed by atoms with Crippen LogP contribution < -0.4 is 0 Å². The highest BCUT2D eigenvalue weighted by Crippen LogP contribution is 2.20. The molecule has 21 heavy (non-hydrogen) atoms. The van der Waals surface area contributed by atoms with E-state index in [0.29, 0.717) is 32.5 Å². The third kappa shape index (κ3) is 3.71. The summed E-state index contributed by atoms with van der Waals surface area (Å²) in [5.41, 5.74) is 0. The van der Waals surface area contributed by atoms with Gasteiger partial charge in [0.25, 0.3) is 5.91 Å². The van der Waals surface area contributed by atoms with Gasteiger partial charge < -0.3 is 14.4 Å². The predicted octanol–water partition coefficient (Wildman–Crippen LogP) is -0.233. The Balaban J connectivity index is 1.64. The predicted molar refractivity (Wildman–Crippen MR) is 69.0 cm³/mol. The van der Waals surface area contributed by atoms with E-state index < -0.39 is 6.09 Å². The molecule has 0 atom stereocenters. The minimum absolute atomic E-state index is 0.0227. The lowest BCUT2D eigenvalue weighted by Crippen LogP contribution is -2.54. The highest BCUT2D eigenvalue weighted by Gasteiger charge is 2.38. The summed E-state index contributed by atoms with van der Waals surface area (Å²) in [6, 6.07) is 0. The number of imide groups is 1. The third-order valence-corrected chi connectivity index (χ3v) is 3.59. The fourth-order valence-corrected chi connectivity index (χ4v) is 2.35. The SMILES string of the molecule is COC(=O)CCCC(=O)N1CC(CN2C(=O)COC2=O)C1. The van der Waals surface area contributed by atoms with Crippen molar-refractivity contribution in [3.05, 3.63) is 0 Å². The lowest BCUT2D eigenvalue weighted by molar-refractivity contribution is -0.141. The number of amides is 3. The van der Waals surface area contributed by atoms with Gasteiger partial charge in [-0.3, -0.25) is 14.4 Å². The molecule has 2 rings (SSSR count).